The molecule has 0 spiro atoms. The van der Waals surface area contributed by atoms with Gasteiger partial charge >= 0.3 is 0 Å². The number of hydrogen-bond acceptors (Lipinski definition) is 0. The minimum atomic E-state index is 0.391. The molecule has 0 saturated carbocycles. The van der Waals surface area contributed by atoms with E-state index in [1.165, 1.54) is 22.3 Å². The average molecular weight is 284 g/mol. The summed E-state index contributed by atoms with van der Waals surface area (Å²) < 4.78 is 2.23. The largest absolute Gasteiger partial charge is 0.201 e. The minimum absolute atomic E-state index is 0.391. The Hall–Kier alpha value is -2.67. The van der Waals surface area contributed by atoms with Crippen LogP contribution in [0, 0.1) is 0 Å². The molecule has 0 amide bonds. The van der Waals surface area contributed by atoms with Crippen molar-refractivity contribution < 1.29 is 4.57 Å². The highest BCUT2D eigenvalue weighted by atomic mass is 14.9. The number of allylic oxidation sites excluding steroid dienone is 1. The summed E-state index contributed by atoms with van der Waals surface area (Å²) >= 11 is 0. The van der Waals surface area contributed by atoms with Gasteiger partial charge in [-0.1, -0.05) is 66.7 Å². The summed E-state index contributed by atoms with van der Waals surface area (Å²) in [6, 6.07) is 23.7. The zero-order valence-electron chi connectivity index (χ0n) is 12.4. The Bertz CT molecular complexity index is 801. The lowest BCUT2D eigenvalue weighted by Crippen LogP contribution is -2.33. The molecule has 0 radical (unpaired) electrons. The molecule has 1 aromatic heterocycles. The highest BCUT2D eigenvalue weighted by molar-refractivity contribution is 5.64. The van der Waals surface area contributed by atoms with Crippen LogP contribution < -0.4 is 4.57 Å². The Morgan fingerprint density at radius 1 is 0.773 bits per heavy atom. The summed E-state index contributed by atoms with van der Waals surface area (Å²) in [5.74, 6) is 0.391. The smallest absolute Gasteiger partial charge is 0.173 e. The first-order valence-electron chi connectivity index (χ1n) is 7.70. The minimum Gasteiger partial charge on any atom is -0.201 e. The van der Waals surface area contributed by atoms with Crippen LogP contribution in [0.15, 0.2) is 85.2 Å². The van der Waals surface area contributed by atoms with Crippen molar-refractivity contribution in [3.8, 4) is 0 Å². The highest BCUT2D eigenvalue weighted by Gasteiger charge is 2.19. The molecule has 22 heavy (non-hydrogen) atoms. The topological polar surface area (TPSA) is 3.88 Å². The van der Waals surface area contributed by atoms with E-state index in [9.17, 15) is 0 Å². The molecule has 0 N–H and O–H groups in total. The molecule has 1 heteroatoms. The van der Waals surface area contributed by atoms with Gasteiger partial charge in [0.25, 0.3) is 0 Å². The first-order valence-corrected chi connectivity index (χ1v) is 7.70. The average Bonchev–Trinajstić information content (AvgIpc) is 3.01. The van der Waals surface area contributed by atoms with Gasteiger partial charge in [-0.2, -0.15) is 0 Å². The van der Waals surface area contributed by atoms with Crippen molar-refractivity contribution in [2.45, 2.75) is 12.5 Å². The standard InChI is InChI=1S/C21H18N/c1-2-6-17(7-3-1)16-22-14-12-19(13-15-22)21-11-10-18-8-4-5-9-20(18)21/h1-15,21H,16H2/q+1. The van der Waals surface area contributed by atoms with Crippen molar-refractivity contribution in [2.75, 3.05) is 0 Å². The summed E-state index contributed by atoms with van der Waals surface area (Å²) in [4.78, 5) is 0. The van der Waals surface area contributed by atoms with Gasteiger partial charge in [0.1, 0.15) is 0 Å². The molecular formula is C21H18N+. The lowest BCUT2D eigenvalue weighted by Gasteiger charge is -2.10. The Morgan fingerprint density at radius 2 is 1.50 bits per heavy atom. The molecule has 1 aliphatic carbocycles. The fourth-order valence-electron chi connectivity index (χ4n) is 3.12. The maximum absolute atomic E-state index is 2.29. The number of nitrogens with zero attached hydrogens (tertiary/aromatic N) is 1. The van der Waals surface area contributed by atoms with Crippen molar-refractivity contribution in [3.63, 3.8) is 0 Å². The fraction of sp³-hybridized carbons (Fsp3) is 0.0952. The molecule has 106 valence electrons. The second kappa shape index (κ2) is 5.61. The van der Waals surface area contributed by atoms with Crippen LogP contribution in [0.5, 0.6) is 0 Å². The van der Waals surface area contributed by atoms with Crippen LogP contribution in [0.3, 0.4) is 0 Å². The Balaban J connectivity index is 1.57. The van der Waals surface area contributed by atoms with E-state index in [0.29, 0.717) is 5.92 Å². The van der Waals surface area contributed by atoms with Crippen LogP contribution in [0.2, 0.25) is 0 Å². The quantitative estimate of drug-likeness (QED) is 0.635. The fourth-order valence-corrected chi connectivity index (χ4v) is 3.12. The molecule has 1 aliphatic rings. The number of aromatic nitrogens is 1. The van der Waals surface area contributed by atoms with Gasteiger partial charge in [0.05, 0.1) is 0 Å². The maximum Gasteiger partial charge on any atom is 0.173 e. The van der Waals surface area contributed by atoms with Gasteiger partial charge in [-0.25, -0.2) is 4.57 Å². The van der Waals surface area contributed by atoms with Gasteiger partial charge in [-0.05, 0) is 16.7 Å². The molecule has 1 nitrogen and oxygen atoms in total. The highest BCUT2D eigenvalue weighted by Crippen LogP contribution is 2.34. The molecule has 0 bridgehead atoms. The number of pyridine rings is 1. The van der Waals surface area contributed by atoms with Crippen molar-refractivity contribution in [2.24, 2.45) is 0 Å². The Labute approximate surface area is 131 Å². The molecule has 3 aromatic rings. The van der Waals surface area contributed by atoms with Crippen molar-refractivity contribution in [3.05, 3.63) is 107 Å². The molecule has 4 rings (SSSR count). The third-order valence-corrected chi connectivity index (χ3v) is 4.28. The molecular weight excluding hydrogens is 266 g/mol. The lowest BCUT2D eigenvalue weighted by molar-refractivity contribution is -0.688. The zero-order valence-corrected chi connectivity index (χ0v) is 12.4. The number of hydrogen-bond donors (Lipinski definition) is 0. The van der Waals surface area contributed by atoms with Crippen molar-refractivity contribution in [1.82, 2.24) is 0 Å². The second-order valence-electron chi connectivity index (χ2n) is 5.76. The van der Waals surface area contributed by atoms with Crippen LogP contribution in [-0.4, -0.2) is 0 Å². The van der Waals surface area contributed by atoms with Crippen LogP contribution in [0.1, 0.15) is 28.2 Å². The van der Waals surface area contributed by atoms with E-state index in [1.54, 1.807) is 0 Å². The van der Waals surface area contributed by atoms with E-state index in [1.807, 2.05) is 0 Å². The van der Waals surface area contributed by atoms with Crippen molar-refractivity contribution in [1.29, 1.82) is 0 Å². The molecule has 0 aliphatic heterocycles. The molecule has 0 fully saturated rings. The van der Waals surface area contributed by atoms with E-state index < -0.39 is 0 Å². The molecule has 2 aromatic carbocycles. The predicted octanol–water partition coefficient (Wildman–Crippen LogP) is 4.18. The van der Waals surface area contributed by atoms with Crippen LogP contribution in [-0.2, 0) is 6.54 Å². The monoisotopic (exact) mass is 284 g/mol. The third-order valence-electron chi connectivity index (χ3n) is 4.28. The maximum atomic E-state index is 2.29. The van der Waals surface area contributed by atoms with E-state index in [4.69, 9.17) is 0 Å². The molecule has 1 unspecified atom stereocenters. The number of rotatable bonds is 3. The third kappa shape index (κ3) is 2.46. The van der Waals surface area contributed by atoms with Gasteiger partial charge < -0.3 is 0 Å². The molecule has 1 heterocycles. The van der Waals surface area contributed by atoms with Gasteiger partial charge in [0.2, 0.25) is 0 Å². The number of fused-ring (bicyclic) bond motifs is 1. The van der Waals surface area contributed by atoms with Gasteiger partial charge in [0.15, 0.2) is 18.9 Å². The van der Waals surface area contributed by atoms with E-state index in [2.05, 4.69) is 95.8 Å². The molecule has 1 atom stereocenters. The Kier molecular flexibility index (Phi) is 3.32. The Morgan fingerprint density at radius 3 is 2.32 bits per heavy atom. The lowest BCUT2D eigenvalue weighted by atomic mass is 9.94. The molecule has 0 saturated heterocycles. The summed E-state index contributed by atoms with van der Waals surface area (Å²) in [6.45, 7) is 0.915. The summed E-state index contributed by atoms with van der Waals surface area (Å²) in [5.41, 5.74) is 5.42. The van der Waals surface area contributed by atoms with E-state index in [0.717, 1.165) is 6.54 Å². The van der Waals surface area contributed by atoms with Gasteiger partial charge in [-0.15, -0.1) is 0 Å². The zero-order chi connectivity index (χ0) is 14.8. The van der Waals surface area contributed by atoms with Crippen molar-refractivity contribution >= 4 is 6.08 Å². The summed E-state index contributed by atoms with van der Waals surface area (Å²) in [7, 11) is 0. The summed E-state index contributed by atoms with van der Waals surface area (Å²) in [6.07, 6.45) is 8.88. The SMILES string of the molecule is C1=CC(c2cc[n+](Cc3ccccc3)cc2)c2ccccc21. The van der Waals surface area contributed by atoms with Gasteiger partial charge in [0, 0.05) is 23.6 Å². The second-order valence-corrected chi connectivity index (χ2v) is 5.76. The summed E-state index contributed by atoms with van der Waals surface area (Å²) in [5, 5.41) is 0. The number of benzene rings is 2. The normalized spacial score (nSPS) is 15.7. The van der Waals surface area contributed by atoms with Crippen LogP contribution in [0.4, 0.5) is 0 Å². The first-order chi connectivity index (χ1) is 10.9. The van der Waals surface area contributed by atoms with Crippen LogP contribution >= 0.6 is 0 Å². The van der Waals surface area contributed by atoms with Gasteiger partial charge in [-0.3, -0.25) is 0 Å². The predicted molar refractivity (Wildman–Crippen MR) is 89.5 cm³/mol. The van der Waals surface area contributed by atoms with E-state index in [-0.39, 0.29) is 0 Å². The first kappa shape index (κ1) is 13.0. The van der Waals surface area contributed by atoms with E-state index >= 15 is 0 Å². The van der Waals surface area contributed by atoms with Crippen LogP contribution in [0.25, 0.3) is 6.08 Å².